The first-order valence-electron chi connectivity index (χ1n) is 8.52. The minimum absolute atomic E-state index is 0.118. The zero-order valence-corrected chi connectivity index (χ0v) is 15.2. The lowest BCUT2D eigenvalue weighted by atomic mass is 10.1. The van der Waals surface area contributed by atoms with Crippen molar-refractivity contribution in [2.45, 2.75) is 32.0 Å². The average Bonchev–Trinajstić information content (AvgIpc) is 3.03. The van der Waals surface area contributed by atoms with Crippen LogP contribution < -0.4 is 5.32 Å². The molecule has 1 heterocycles. The van der Waals surface area contributed by atoms with Crippen LogP contribution in [0.1, 0.15) is 27.9 Å². The number of aryl methyl sites for hydroxylation is 1. The van der Waals surface area contributed by atoms with E-state index in [1.807, 2.05) is 31.2 Å². The van der Waals surface area contributed by atoms with Crippen LogP contribution in [0.3, 0.4) is 0 Å². The smallest absolute Gasteiger partial charge is 0.256 e. The molecule has 0 bridgehead atoms. The van der Waals surface area contributed by atoms with E-state index >= 15 is 0 Å². The normalized spacial score (nSPS) is 19.4. The molecule has 0 aliphatic carbocycles. The van der Waals surface area contributed by atoms with Crippen molar-refractivity contribution >= 4 is 23.4 Å². The fourth-order valence-corrected chi connectivity index (χ4v) is 3.31. The molecule has 1 aliphatic rings. The topological polar surface area (TPSA) is 69.6 Å². The van der Waals surface area contributed by atoms with Crippen molar-refractivity contribution in [2.75, 3.05) is 6.54 Å². The molecule has 2 atom stereocenters. The van der Waals surface area contributed by atoms with E-state index in [-0.39, 0.29) is 24.8 Å². The van der Waals surface area contributed by atoms with Gasteiger partial charge in [0, 0.05) is 19.5 Å². The largest absolute Gasteiger partial charge is 0.391 e. The third kappa shape index (κ3) is 4.06. The molecule has 1 fully saturated rings. The van der Waals surface area contributed by atoms with Gasteiger partial charge in [0.2, 0.25) is 5.91 Å². The van der Waals surface area contributed by atoms with Crippen LogP contribution in [0.4, 0.5) is 0 Å². The summed E-state index contributed by atoms with van der Waals surface area (Å²) in [6.07, 6.45) is -0.507. The predicted octanol–water partition coefficient (Wildman–Crippen LogP) is 2.54. The summed E-state index contributed by atoms with van der Waals surface area (Å²) in [5.74, 6) is -0.620. The monoisotopic (exact) mass is 372 g/mol. The summed E-state index contributed by atoms with van der Waals surface area (Å²) in [5, 5.41) is 13.2. The van der Waals surface area contributed by atoms with Gasteiger partial charge in [-0.05, 0) is 24.6 Å². The van der Waals surface area contributed by atoms with Gasteiger partial charge in [-0.25, -0.2) is 0 Å². The van der Waals surface area contributed by atoms with E-state index in [0.29, 0.717) is 17.1 Å². The summed E-state index contributed by atoms with van der Waals surface area (Å²) < 4.78 is 0. The minimum Gasteiger partial charge on any atom is -0.391 e. The molecule has 3 rings (SSSR count). The molecule has 2 amide bonds. The van der Waals surface area contributed by atoms with Crippen molar-refractivity contribution in [3.63, 3.8) is 0 Å². The highest BCUT2D eigenvalue weighted by molar-refractivity contribution is 6.33. The molecule has 0 spiro atoms. The van der Waals surface area contributed by atoms with Crippen LogP contribution in [0.2, 0.25) is 5.02 Å². The lowest BCUT2D eigenvalue weighted by molar-refractivity contribution is -0.125. The summed E-state index contributed by atoms with van der Waals surface area (Å²) in [6, 6.07) is 13.9. The van der Waals surface area contributed by atoms with Crippen LogP contribution in [0.25, 0.3) is 0 Å². The number of aliphatic hydroxyl groups excluding tert-OH is 1. The zero-order valence-electron chi connectivity index (χ0n) is 14.5. The standard InChI is InChI=1S/C20H21ClN2O3/c1-13-6-8-14(9-7-13)11-22-19(25)18-10-15(24)12-23(18)20(26)16-4-2-3-5-17(16)21/h2-9,15,18,24H,10-12H2,1H3,(H,22,25)/t15-,18+/m1/s1. The van der Waals surface area contributed by atoms with Gasteiger partial charge >= 0.3 is 0 Å². The van der Waals surface area contributed by atoms with Gasteiger partial charge in [0.25, 0.3) is 5.91 Å². The predicted molar refractivity (Wildman–Crippen MR) is 99.9 cm³/mol. The van der Waals surface area contributed by atoms with Crippen molar-refractivity contribution in [3.8, 4) is 0 Å². The number of aliphatic hydroxyl groups is 1. The van der Waals surface area contributed by atoms with E-state index < -0.39 is 12.1 Å². The number of amides is 2. The van der Waals surface area contributed by atoms with Crippen molar-refractivity contribution < 1.29 is 14.7 Å². The Labute approximate surface area is 157 Å². The average molecular weight is 373 g/mol. The number of hydrogen-bond acceptors (Lipinski definition) is 3. The molecular formula is C20H21ClN2O3. The number of halogens is 1. The first-order chi connectivity index (χ1) is 12.5. The van der Waals surface area contributed by atoms with Crippen LogP contribution in [-0.2, 0) is 11.3 Å². The second kappa shape index (κ2) is 7.89. The fourth-order valence-electron chi connectivity index (χ4n) is 3.09. The molecule has 0 saturated carbocycles. The third-order valence-corrected chi connectivity index (χ3v) is 4.86. The fraction of sp³-hybridized carbons (Fsp3) is 0.300. The Hall–Kier alpha value is -2.37. The van der Waals surface area contributed by atoms with Crippen LogP contribution in [0.15, 0.2) is 48.5 Å². The van der Waals surface area contributed by atoms with E-state index in [2.05, 4.69) is 5.32 Å². The van der Waals surface area contributed by atoms with Gasteiger partial charge in [-0.2, -0.15) is 0 Å². The van der Waals surface area contributed by atoms with E-state index in [9.17, 15) is 14.7 Å². The van der Waals surface area contributed by atoms with Crippen LogP contribution in [0.5, 0.6) is 0 Å². The highest BCUT2D eigenvalue weighted by Crippen LogP contribution is 2.24. The molecule has 136 valence electrons. The first-order valence-corrected chi connectivity index (χ1v) is 8.90. The molecule has 1 aliphatic heterocycles. The Bertz CT molecular complexity index is 807. The molecule has 2 N–H and O–H groups in total. The molecule has 1 saturated heterocycles. The number of carbonyl (C=O) groups excluding carboxylic acids is 2. The maximum atomic E-state index is 12.8. The SMILES string of the molecule is Cc1ccc(CNC(=O)[C@@H]2C[C@@H](O)CN2C(=O)c2ccccc2Cl)cc1. The lowest BCUT2D eigenvalue weighted by Gasteiger charge is -2.24. The number of hydrogen-bond donors (Lipinski definition) is 2. The number of nitrogens with zero attached hydrogens (tertiary/aromatic N) is 1. The Morgan fingerprint density at radius 2 is 1.88 bits per heavy atom. The van der Waals surface area contributed by atoms with Crippen LogP contribution in [0, 0.1) is 6.92 Å². The molecule has 26 heavy (non-hydrogen) atoms. The van der Waals surface area contributed by atoms with Crippen molar-refractivity contribution in [3.05, 3.63) is 70.2 Å². The van der Waals surface area contributed by atoms with Crippen LogP contribution in [-0.4, -0.2) is 40.5 Å². The first kappa shape index (κ1) is 18.4. The Morgan fingerprint density at radius 1 is 1.19 bits per heavy atom. The Morgan fingerprint density at radius 3 is 2.58 bits per heavy atom. The van der Waals surface area contributed by atoms with E-state index in [4.69, 9.17) is 11.6 Å². The molecule has 2 aromatic carbocycles. The van der Waals surface area contributed by atoms with Gasteiger partial charge in [-0.3, -0.25) is 9.59 Å². The van der Waals surface area contributed by atoms with Crippen LogP contribution >= 0.6 is 11.6 Å². The Kier molecular flexibility index (Phi) is 5.59. The van der Waals surface area contributed by atoms with Gasteiger partial charge in [0.1, 0.15) is 6.04 Å². The highest BCUT2D eigenvalue weighted by atomic mass is 35.5. The summed E-state index contributed by atoms with van der Waals surface area (Å²) in [7, 11) is 0. The van der Waals surface area contributed by atoms with Gasteiger partial charge in [-0.1, -0.05) is 53.6 Å². The molecular weight excluding hydrogens is 352 g/mol. The number of benzene rings is 2. The van der Waals surface area contributed by atoms with E-state index in [0.717, 1.165) is 11.1 Å². The molecule has 6 heteroatoms. The Balaban J connectivity index is 1.70. The zero-order chi connectivity index (χ0) is 18.7. The second-order valence-corrected chi connectivity index (χ2v) is 6.95. The summed E-state index contributed by atoms with van der Waals surface area (Å²) in [5.41, 5.74) is 2.46. The number of carbonyl (C=O) groups is 2. The molecule has 2 aromatic rings. The number of likely N-dealkylation sites (tertiary alicyclic amines) is 1. The van der Waals surface area contributed by atoms with Gasteiger partial charge in [-0.15, -0.1) is 0 Å². The van der Waals surface area contributed by atoms with Crippen molar-refractivity contribution in [1.82, 2.24) is 10.2 Å². The summed E-state index contributed by atoms with van der Waals surface area (Å²) in [6.45, 7) is 2.49. The maximum Gasteiger partial charge on any atom is 0.256 e. The van der Waals surface area contributed by atoms with Crippen molar-refractivity contribution in [2.24, 2.45) is 0 Å². The van der Waals surface area contributed by atoms with Gasteiger partial charge in [0.05, 0.1) is 16.7 Å². The summed E-state index contributed by atoms with van der Waals surface area (Å²) in [4.78, 5) is 26.8. The van der Waals surface area contributed by atoms with E-state index in [1.165, 1.54) is 4.90 Å². The molecule has 0 unspecified atom stereocenters. The van der Waals surface area contributed by atoms with Crippen molar-refractivity contribution in [1.29, 1.82) is 0 Å². The molecule has 0 aromatic heterocycles. The number of β-amino-alcohol motifs (C(OH)–C–C–N with tert-alkyl or cyclic N) is 1. The number of rotatable bonds is 4. The molecule has 0 radical (unpaired) electrons. The van der Waals surface area contributed by atoms with Gasteiger partial charge < -0.3 is 15.3 Å². The quantitative estimate of drug-likeness (QED) is 0.866. The third-order valence-electron chi connectivity index (χ3n) is 4.53. The lowest BCUT2D eigenvalue weighted by Crippen LogP contribution is -2.45. The molecule has 5 nitrogen and oxygen atoms in total. The maximum absolute atomic E-state index is 12.8. The summed E-state index contributed by atoms with van der Waals surface area (Å²) >= 11 is 6.10. The van der Waals surface area contributed by atoms with E-state index in [1.54, 1.807) is 24.3 Å². The minimum atomic E-state index is -0.725. The highest BCUT2D eigenvalue weighted by Gasteiger charge is 2.39. The van der Waals surface area contributed by atoms with Gasteiger partial charge in [0.15, 0.2) is 0 Å². The number of nitrogens with one attached hydrogen (secondary N) is 1. The second-order valence-electron chi connectivity index (χ2n) is 6.55.